The van der Waals surface area contributed by atoms with Crippen molar-refractivity contribution < 1.29 is 17.9 Å². The molecule has 1 heterocycles. The molecule has 1 rings (SSSR count). The molecule has 0 bridgehead atoms. The molecular formula is C7H10F3N3OS. The molecule has 0 aliphatic heterocycles. The summed E-state index contributed by atoms with van der Waals surface area (Å²) in [5.41, 5.74) is 5.23. The molecule has 1 aromatic rings. The van der Waals surface area contributed by atoms with Gasteiger partial charge in [-0.15, -0.1) is 13.2 Å². The molecule has 0 saturated heterocycles. The van der Waals surface area contributed by atoms with Gasteiger partial charge in [0.1, 0.15) is 0 Å². The highest BCUT2D eigenvalue weighted by Gasteiger charge is 2.32. The molecule has 0 unspecified atom stereocenters. The predicted molar refractivity (Wildman–Crippen MR) is 49.6 cm³/mol. The molecule has 0 saturated carbocycles. The van der Waals surface area contributed by atoms with Gasteiger partial charge in [0.15, 0.2) is 0 Å². The maximum atomic E-state index is 11.8. The van der Waals surface area contributed by atoms with E-state index in [2.05, 4.69) is 15.0 Å². The van der Waals surface area contributed by atoms with E-state index in [9.17, 15) is 13.2 Å². The van der Waals surface area contributed by atoms with Crippen molar-refractivity contribution in [3.8, 4) is 5.19 Å². The van der Waals surface area contributed by atoms with E-state index in [0.29, 0.717) is 24.5 Å². The highest BCUT2D eigenvalue weighted by molar-refractivity contribution is 7.13. The van der Waals surface area contributed by atoms with Gasteiger partial charge in [-0.05, 0) is 0 Å². The van der Waals surface area contributed by atoms with Gasteiger partial charge in [0.05, 0.1) is 0 Å². The number of nitrogens with two attached hydrogens (primary N) is 1. The van der Waals surface area contributed by atoms with Gasteiger partial charge >= 0.3 is 6.36 Å². The Morgan fingerprint density at radius 3 is 2.87 bits per heavy atom. The van der Waals surface area contributed by atoms with Crippen LogP contribution in [0.4, 0.5) is 13.2 Å². The molecule has 8 heteroatoms. The molecule has 1 aromatic heterocycles. The first-order valence-corrected chi connectivity index (χ1v) is 4.94. The smallest absolute Gasteiger partial charge is 0.378 e. The fraction of sp³-hybridized carbons (Fsp3) is 0.571. The Hall–Kier alpha value is -0.860. The Bertz CT molecular complexity index is 302. The van der Waals surface area contributed by atoms with E-state index in [1.54, 1.807) is 0 Å². The summed E-state index contributed by atoms with van der Waals surface area (Å²) < 4.78 is 39.0. The molecule has 0 atom stereocenters. The summed E-state index contributed by atoms with van der Waals surface area (Å²) >= 11 is 0.854. The van der Waals surface area contributed by atoms with Crippen LogP contribution in [0.1, 0.15) is 4.88 Å². The molecule has 0 radical (unpaired) electrons. The molecule has 0 fully saturated rings. The summed E-state index contributed by atoms with van der Waals surface area (Å²) in [6, 6.07) is 0. The third-order valence-electron chi connectivity index (χ3n) is 1.36. The minimum Gasteiger partial charge on any atom is -0.378 e. The van der Waals surface area contributed by atoms with Crippen LogP contribution in [0.5, 0.6) is 5.19 Å². The van der Waals surface area contributed by atoms with Crippen LogP contribution in [0.15, 0.2) is 6.20 Å². The number of hydrogen-bond acceptors (Lipinski definition) is 5. The average molecular weight is 241 g/mol. The quantitative estimate of drug-likeness (QED) is 0.758. The Labute approximate surface area is 88.3 Å². The third-order valence-corrected chi connectivity index (χ3v) is 2.23. The van der Waals surface area contributed by atoms with Crippen molar-refractivity contribution in [2.45, 2.75) is 12.9 Å². The fourth-order valence-corrected chi connectivity index (χ4v) is 1.58. The maximum absolute atomic E-state index is 11.8. The zero-order valence-corrected chi connectivity index (χ0v) is 8.49. The molecule has 0 aliphatic carbocycles. The first kappa shape index (κ1) is 12.2. The van der Waals surface area contributed by atoms with Crippen LogP contribution in [-0.4, -0.2) is 24.4 Å². The molecule has 0 spiro atoms. The SMILES string of the molecule is NCCNCc1cnc(OC(F)(F)F)s1. The van der Waals surface area contributed by atoms with Crippen LogP contribution < -0.4 is 15.8 Å². The van der Waals surface area contributed by atoms with Crippen molar-refractivity contribution in [2.24, 2.45) is 5.73 Å². The Morgan fingerprint density at radius 1 is 1.53 bits per heavy atom. The van der Waals surface area contributed by atoms with E-state index < -0.39 is 11.6 Å². The van der Waals surface area contributed by atoms with Gasteiger partial charge in [-0.3, -0.25) is 0 Å². The summed E-state index contributed by atoms with van der Waals surface area (Å²) in [6.45, 7) is 1.52. The molecule has 0 aliphatic rings. The second kappa shape index (κ2) is 5.29. The van der Waals surface area contributed by atoms with Gasteiger partial charge in [0, 0.05) is 30.7 Å². The van der Waals surface area contributed by atoms with E-state index in [4.69, 9.17) is 5.73 Å². The lowest BCUT2D eigenvalue weighted by atomic mass is 10.5. The van der Waals surface area contributed by atoms with Crippen LogP contribution >= 0.6 is 11.3 Å². The Morgan fingerprint density at radius 2 is 2.27 bits per heavy atom. The summed E-state index contributed by atoms with van der Waals surface area (Å²) in [5.74, 6) is 0. The number of thiazole rings is 1. The lowest BCUT2D eigenvalue weighted by Crippen LogP contribution is -2.21. The van der Waals surface area contributed by atoms with E-state index in [1.807, 2.05) is 0 Å². The molecule has 4 nitrogen and oxygen atoms in total. The number of rotatable bonds is 5. The lowest BCUT2D eigenvalue weighted by molar-refractivity contribution is -0.274. The third kappa shape index (κ3) is 4.96. The van der Waals surface area contributed by atoms with Gasteiger partial charge in [-0.2, -0.15) is 0 Å². The van der Waals surface area contributed by atoms with Crippen molar-refractivity contribution in [1.29, 1.82) is 0 Å². The highest BCUT2D eigenvalue weighted by atomic mass is 32.1. The standard InChI is InChI=1S/C7H10F3N3OS/c8-7(9,10)14-6-13-4-5(15-6)3-12-2-1-11/h4,12H,1-3,11H2. The van der Waals surface area contributed by atoms with Gasteiger partial charge < -0.3 is 15.8 Å². The number of ether oxygens (including phenoxy) is 1. The van der Waals surface area contributed by atoms with Crippen molar-refractivity contribution in [1.82, 2.24) is 10.3 Å². The number of aromatic nitrogens is 1. The largest absolute Gasteiger partial charge is 0.574 e. The van der Waals surface area contributed by atoms with Gasteiger partial charge in [-0.25, -0.2) is 4.98 Å². The van der Waals surface area contributed by atoms with Gasteiger partial charge in [-0.1, -0.05) is 11.3 Å². The van der Waals surface area contributed by atoms with Gasteiger partial charge in [0.2, 0.25) is 0 Å². The number of hydrogen-bond donors (Lipinski definition) is 2. The minimum absolute atomic E-state index is 0.396. The topological polar surface area (TPSA) is 60.2 Å². The summed E-state index contributed by atoms with van der Waals surface area (Å²) in [4.78, 5) is 4.15. The summed E-state index contributed by atoms with van der Waals surface area (Å²) in [7, 11) is 0. The van der Waals surface area contributed by atoms with Crippen molar-refractivity contribution in [2.75, 3.05) is 13.1 Å². The second-order valence-corrected chi connectivity index (χ2v) is 3.68. The van der Waals surface area contributed by atoms with E-state index in [1.165, 1.54) is 6.20 Å². The highest BCUT2D eigenvalue weighted by Crippen LogP contribution is 2.26. The first-order valence-electron chi connectivity index (χ1n) is 4.12. The summed E-state index contributed by atoms with van der Waals surface area (Å²) in [6.07, 6.45) is -3.34. The molecule has 3 N–H and O–H groups in total. The average Bonchev–Trinajstić information content (AvgIpc) is 2.50. The van der Waals surface area contributed by atoms with Crippen molar-refractivity contribution in [3.05, 3.63) is 11.1 Å². The van der Waals surface area contributed by atoms with Crippen LogP contribution in [0.3, 0.4) is 0 Å². The fourth-order valence-electron chi connectivity index (χ4n) is 0.831. The van der Waals surface area contributed by atoms with Crippen LogP contribution in [0, 0.1) is 0 Å². The van der Waals surface area contributed by atoms with Crippen LogP contribution in [0.25, 0.3) is 0 Å². The molecule has 15 heavy (non-hydrogen) atoms. The lowest BCUT2D eigenvalue weighted by Gasteiger charge is -2.03. The van der Waals surface area contributed by atoms with E-state index in [0.717, 1.165) is 11.3 Å². The minimum atomic E-state index is -4.68. The molecule has 86 valence electrons. The zero-order chi connectivity index (χ0) is 11.3. The van der Waals surface area contributed by atoms with E-state index in [-0.39, 0.29) is 0 Å². The predicted octanol–water partition coefficient (Wildman–Crippen LogP) is 1.09. The second-order valence-electron chi connectivity index (χ2n) is 2.61. The molecular weight excluding hydrogens is 231 g/mol. The Kier molecular flexibility index (Phi) is 4.30. The number of nitrogens with zero attached hydrogens (tertiary/aromatic N) is 1. The van der Waals surface area contributed by atoms with Crippen molar-refractivity contribution >= 4 is 11.3 Å². The van der Waals surface area contributed by atoms with Gasteiger partial charge in [0.25, 0.3) is 5.19 Å². The van der Waals surface area contributed by atoms with E-state index >= 15 is 0 Å². The van der Waals surface area contributed by atoms with Crippen molar-refractivity contribution in [3.63, 3.8) is 0 Å². The van der Waals surface area contributed by atoms with Crippen LogP contribution in [0.2, 0.25) is 0 Å². The maximum Gasteiger partial charge on any atom is 0.574 e. The number of halogens is 3. The zero-order valence-electron chi connectivity index (χ0n) is 7.67. The molecule has 0 amide bonds. The monoisotopic (exact) mass is 241 g/mol. The summed E-state index contributed by atoms with van der Waals surface area (Å²) in [5, 5.41) is 2.54. The Balaban J connectivity index is 2.42. The molecule has 0 aromatic carbocycles. The number of alkyl halides is 3. The first-order chi connectivity index (χ1) is 7.01. The van der Waals surface area contributed by atoms with Crippen LogP contribution in [-0.2, 0) is 6.54 Å². The normalized spacial score (nSPS) is 11.7. The number of nitrogens with one attached hydrogen (secondary N) is 1.